The van der Waals surface area contributed by atoms with Crippen LogP contribution in [0.2, 0.25) is 5.02 Å². The maximum atomic E-state index is 14.4. The van der Waals surface area contributed by atoms with Crippen LogP contribution in [0.3, 0.4) is 0 Å². The maximum absolute atomic E-state index is 14.4. The molecule has 11 nitrogen and oxygen atoms in total. The Bertz CT molecular complexity index is 1660. The molecule has 1 saturated heterocycles. The molecular formula is C35H46ClN5O6S. The first-order valence-corrected chi connectivity index (χ1v) is 18.9. The molecule has 0 spiro atoms. The predicted octanol–water partition coefficient (Wildman–Crippen LogP) is 5.66. The van der Waals surface area contributed by atoms with Crippen molar-refractivity contribution >= 4 is 39.3 Å². The van der Waals surface area contributed by atoms with E-state index in [2.05, 4.69) is 32.2 Å². The number of aryl methyl sites for hydroxylation is 1. The van der Waals surface area contributed by atoms with Gasteiger partial charge in [0.15, 0.2) is 11.6 Å². The average molecular weight is 700 g/mol. The van der Waals surface area contributed by atoms with Crippen molar-refractivity contribution in [3.05, 3.63) is 64.3 Å². The number of nitrogens with one attached hydrogen (secondary N) is 1. The van der Waals surface area contributed by atoms with E-state index in [0.29, 0.717) is 67.6 Å². The van der Waals surface area contributed by atoms with E-state index in [4.69, 9.17) is 30.8 Å². The number of anilines is 1. The van der Waals surface area contributed by atoms with E-state index in [9.17, 15) is 13.8 Å². The molecule has 48 heavy (non-hydrogen) atoms. The van der Waals surface area contributed by atoms with E-state index in [0.717, 1.165) is 37.7 Å². The number of methoxy groups -OCH3 is 2. The van der Waals surface area contributed by atoms with Crippen molar-refractivity contribution in [3.8, 4) is 5.75 Å². The topological polar surface area (TPSA) is 123 Å². The van der Waals surface area contributed by atoms with E-state index in [-0.39, 0.29) is 29.6 Å². The van der Waals surface area contributed by atoms with Crippen LogP contribution in [0.15, 0.2) is 46.8 Å². The van der Waals surface area contributed by atoms with Crippen LogP contribution in [-0.2, 0) is 32.4 Å². The summed E-state index contributed by atoms with van der Waals surface area (Å²) in [6.45, 7) is 4.42. The second-order valence-electron chi connectivity index (χ2n) is 13.5. The molecule has 3 aliphatic heterocycles. The molecule has 6 rings (SSSR count). The van der Waals surface area contributed by atoms with E-state index in [1.165, 1.54) is 10.5 Å². The van der Waals surface area contributed by atoms with E-state index < -0.39 is 21.9 Å². The normalized spacial score (nSPS) is 29.0. The number of carbonyl (C=O) groups excluding carboxylic acids is 2. The molecule has 1 aromatic heterocycles. The number of ether oxygens (including phenoxy) is 3. The highest BCUT2D eigenvalue weighted by Crippen LogP contribution is 2.41. The zero-order chi connectivity index (χ0) is 33.8. The lowest BCUT2D eigenvalue weighted by Crippen LogP contribution is -2.58. The Balaban J connectivity index is 1.42. The van der Waals surface area contributed by atoms with E-state index >= 15 is 0 Å². The molecule has 260 valence electrons. The fourth-order valence-electron chi connectivity index (χ4n) is 6.97. The number of nitrogens with zero attached hydrogens (tertiary/aromatic N) is 4. The van der Waals surface area contributed by atoms with Gasteiger partial charge in [-0.05, 0) is 91.7 Å². The minimum Gasteiger partial charge on any atom is -0.490 e. The number of urea groups is 1. The molecule has 5 atom stereocenters. The minimum absolute atomic E-state index is 0.000408. The van der Waals surface area contributed by atoms with Gasteiger partial charge in [0.25, 0.3) is 0 Å². The number of aromatic nitrogens is 1. The number of pyridine rings is 1. The van der Waals surface area contributed by atoms with Crippen LogP contribution < -0.4 is 14.4 Å². The number of hydrogen-bond acceptors (Lipinski definition) is 8. The Morgan fingerprint density at radius 1 is 1.08 bits per heavy atom. The van der Waals surface area contributed by atoms with Gasteiger partial charge in [-0.3, -0.25) is 9.52 Å². The molecular weight excluding hydrogens is 654 g/mol. The molecule has 2 aromatic rings. The van der Waals surface area contributed by atoms with Crippen LogP contribution in [-0.4, -0.2) is 84.5 Å². The van der Waals surface area contributed by atoms with Crippen LogP contribution >= 0.6 is 11.6 Å². The number of benzene rings is 1. The molecule has 1 saturated carbocycles. The number of hydrogen-bond donors (Lipinski definition) is 1. The smallest absolute Gasteiger partial charge is 0.330 e. The third kappa shape index (κ3) is 7.98. The van der Waals surface area contributed by atoms with E-state index in [1.54, 1.807) is 26.4 Å². The van der Waals surface area contributed by atoms with Crippen molar-refractivity contribution in [2.45, 2.75) is 64.2 Å². The van der Waals surface area contributed by atoms with Crippen molar-refractivity contribution < 1.29 is 28.0 Å². The van der Waals surface area contributed by atoms with Gasteiger partial charge in [-0.1, -0.05) is 36.7 Å². The van der Waals surface area contributed by atoms with Gasteiger partial charge < -0.3 is 24.0 Å². The van der Waals surface area contributed by atoms with Crippen molar-refractivity contribution in [3.63, 3.8) is 0 Å². The average Bonchev–Trinajstić information content (AvgIpc) is 3.04. The fourth-order valence-corrected chi connectivity index (χ4v) is 9.04. The third-order valence-electron chi connectivity index (χ3n) is 9.93. The first-order valence-electron chi connectivity index (χ1n) is 16.9. The van der Waals surface area contributed by atoms with Crippen LogP contribution in [0.1, 0.15) is 60.6 Å². The summed E-state index contributed by atoms with van der Waals surface area (Å²) in [6.07, 6.45) is 9.35. The summed E-state index contributed by atoms with van der Waals surface area (Å²) in [4.78, 5) is 35.5. The van der Waals surface area contributed by atoms with Gasteiger partial charge >= 0.3 is 11.9 Å². The predicted molar refractivity (Wildman–Crippen MR) is 186 cm³/mol. The number of amides is 3. The standard InChI is InChI=1S/C35H46ClN5O6S/c1-23-7-6-9-31(46-3)29-13-11-26(29)19-40-18-25-10-12-27(36)17-24(25)8-4-5-16-47-32-15-14-30(37-33(32)40)34(42)38-48(44,22-23)39-35(43)41-20-28(21-41)45-2/h6,9-10,12,14-15,17,23,26,28-29,31H,4-5,7-8,11,13,16,18-22H2,1-3H3,(H,38,39,42,43,44)/b9-6+/t23-,26-,29+,31-,48?/m0/s1. The molecule has 13 heteroatoms. The Hall–Kier alpha value is -3.19. The lowest BCUT2D eigenvalue weighted by Gasteiger charge is -2.43. The van der Waals surface area contributed by atoms with Gasteiger partial charge in [-0.15, -0.1) is 4.36 Å². The number of likely N-dealkylation sites (tertiary alicyclic amines) is 1. The quantitative estimate of drug-likeness (QED) is 0.408. The van der Waals surface area contributed by atoms with Crippen LogP contribution in [0.25, 0.3) is 0 Å². The molecule has 2 bridgehead atoms. The summed E-state index contributed by atoms with van der Waals surface area (Å²) in [7, 11) is -0.181. The highest BCUT2D eigenvalue weighted by molar-refractivity contribution is 7.92. The summed E-state index contributed by atoms with van der Waals surface area (Å²) >= 11 is 6.44. The fraction of sp³-hybridized carbons (Fsp3) is 0.571. The van der Waals surface area contributed by atoms with Crippen molar-refractivity contribution in [2.75, 3.05) is 51.1 Å². The molecule has 3 amide bonds. The lowest BCUT2D eigenvalue weighted by atomic mass is 9.70. The summed E-state index contributed by atoms with van der Waals surface area (Å²) in [6, 6.07) is 8.82. The number of rotatable bonds is 3. The van der Waals surface area contributed by atoms with Crippen molar-refractivity contribution in [2.24, 2.45) is 22.1 Å². The molecule has 1 N–H and O–H groups in total. The monoisotopic (exact) mass is 699 g/mol. The zero-order valence-corrected chi connectivity index (χ0v) is 29.5. The zero-order valence-electron chi connectivity index (χ0n) is 27.9. The van der Waals surface area contributed by atoms with Gasteiger partial charge in [-0.2, -0.15) is 0 Å². The Morgan fingerprint density at radius 3 is 2.67 bits per heavy atom. The summed E-state index contributed by atoms with van der Waals surface area (Å²) in [5, 5.41) is 0.701. The van der Waals surface area contributed by atoms with Gasteiger partial charge in [0, 0.05) is 32.3 Å². The molecule has 1 aliphatic carbocycles. The number of fused-ring (bicyclic) bond motifs is 3. The molecule has 1 unspecified atom stereocenters. The second-order valence-corrected chi connectivity index (χ2v) is 15.9. The minimum atomic E-state index is -3.51. The Labute approximate surface area is 288 Å². The van der Waals surface area contributed by atoms with Crippen LogP contribution in [0.5, 0.6) is 5.75 Å². The molecule has 0 radical (unpaired) electrons. The third-order valence-corrected chi connectivity index (χ3v) is 12.1. The highest BCUT2D eigenvalue weighted by atomic mass is 35.5. The molecule has 2 fully saturated rings. The second kappa shape index (κ2) is 15.1. The Kier molecular flexibility index (Phi) is 10.9. The molecule has 4 aliphatic rings. The van der Waals surface area contributed by atoms with Gasteiger partial charge in [0.05, 0.1) is 37.7 Å². The first kappa shape index (κ1) is 34.7. The van der Waals surface area contributed by atoms with Crippen LogP contribution in [0.4, 0.5) is 10.6 Å². The molecule has 4 heterocycles. The van der Waals surface area contributed by atoms with Crippen molar-refractivity contribution in [1.29, 1.82) is 0 Å². The van der Waals surface area contributed by atoms with Crippen molar-refractivity contribution in [1.82, 2.24) is 14.6 Å². The maximum Gasteiger partial charge on any atom is 0.330 e. The first-order chi connectivity index (χ1) is 23.1. The number of carbonyl (C=O) groups is 2. The Morgan fingerprint density at radius 2 is 1.92 bits per heavy atom. The summed E-state index contributed by atoms with van der Waals surface area (Å²) < 4.78 is 38.7. The van der Waals surface area contributed by atoms with E-state index in [1.807, 2.05) is 19.1 Å². The van der Waals surface area contributed by atoms with Gasteiger partial charge in [0.1, 0.15) is 15.6 Å². The van der Waals surface area contributed by atoms with Crippen LogP contribution in [0, 0.1) is 17.8 Å². The lowest BCUT2D eigenvalue weighted by molar-refractivity contribution is -0.00645. The number of allylic oxidation sites excluding steroid dienone is 1. The largest absolute Gasteiger partial charge is 0.490 e. The highest BCUT2D eigenvalue weighted by Gasteiger charge is 2.38. The van der Waals surface area contributed by atoms with Gasteiger partial charge in [-0.25, -0.2) is 14.0 Å². The number of halogens is 1. The van der Waals surface area contributed by atoms with Gasteiger partial charge in [0.2, 0.25) is 0 Å². The summed E-state index contributed by atoms with van der Waals surface area (Å²) in [5.41, 5.74) is 2.37. The summed E-state index contributed by atoms with van der Waals surface area (Å²) in [5.74, 6) is 0.857. The SMILES string of the molecule is COC1CN(C(=O)NS2(=O)=NC(=O)c3ccc4c(n3)N(Cc3ccc(Cl)cc3CCCCO4)C[C@@H]3CC[C@H]3[C@@H](OC)/C=C/C[C@H](C)C2)C1. The molecule has 1 aromatic carbocycles.